The van der Waals surface area contributed by atoms with Crippen LogP contribution in [0.2, 0.25) is 0 Å². The van der Waals surface area contributed by atoms with Gasteiger partial charge in [-0.15, -0.1) is 11.8 Å². The van der Waals surface area contributed by atoms with E-state index < -0.39 is 0 Å². The Kier molecular flexibility index (Phi) is 4.80. The van der Waals surface area contributed by atoms with Crippen molar-refractivity contribution in [1.29, 1.82) is 0 Å². The van der Waals surface area contributed by atoms with E-state index in [4.69, 9.17) is 0 Å². The minimum Gasteiger partial charge on any atom is -0.506 e. The fourth-order valence-corrected chi connectivity index (χ4v) is 2.28. The number of hydrogen-bond donors (Lipinski definition) is 2. The third-order valence-electron chi connectivity index (χ3n) is 2.40. The van der Waals surface area contributed by atoms with Gasteiger partial charge in [-0.3, -0.25) is 9.78 Å². The van der Waals surface area contributed by atoms with Gasteiger partial charge in [-0.2, -0.15) is 0 Å². The lowest BCUT2D eigenvalue weighted by molar-refractivity contribution is -0.113. The van der Waals surface area contributed by atoms with Crippen molar-refractivity contribution in [3.8, 4) is 5.75 Å². The highest BCUT2D eigenvalue weighted by Crippen LogP contribution is 2.21. The first-order valence-electron chi connectivity index (χ1n) is 5.80. The number of rotatable bonds is 5. The van der Waals surface area contributed by atoms with Gasteiger partial charge in [0.25, 0.3) is 0 Å². The summed E-state index contributed by atoms with van der Waals surface area (Å²) in [6, 6.07) is 10.5. The van der Waals surface area contributed by atoms with Gasteiger partial charge in [-0.05, 0) is 23.8 Å². The molecule has 0 saturated carbocycles. The normalized spacial score (nSPS) is 10.1. The molecule has 0 spiro atoms. The Hall–Kier alpha value is -2.01. The summed E-state index contributed by atoms with van der Waals surface area (Å²) >= 11 is 1.51. The number of anilines is 1. The summed E-state index contributed by atoms with van der Waals surface area (Å²) in [6.07, 6.45) is 3.51. The second-order valence-corrected chi connectivity index (χ2v) is 4.90. The Bertz CT molecular complexity index is 546. The molecule has 19 heavy (non-hydrogen) atoms. The fraction of sp³-hybridized carbons (Fsp3) is 0.143. The number of phenols is 1. The second kappa shape index (κ2) is 6.80. The van der Waals surface area contributed by atoms with Gasteiger partial charge in [0.05, 0.1) is 11.4 Å². The Morgan fingerprint density at radius 2 is 2.11 bits per heavy atom. The van der Waals surface area contributed by atoms with Gasteiger partial charge in [-0.25, -0.2) is 0 Å². The first-order valence-corrected chi connectivity index (χ1v) is 6.95. The number of nitrogens with one attached hydrogen (secondary N) is 1. The number of thioether (sulfide) groups is 1. The van der Waals surface area contributed by atoms with Crippen molar-refractivity contribution in [2.45, 2.75) is 5.75 Å². The van der Waals surface area contributed by atoms with Crippen molar-refractivity contribution in [3.63, 3.8) is 0 Å². The number of para-hydroxylation sites is 2. The van der Waals surface area contributed by atoms with Gasteiger partial charge in [0.2, 0.25) is 5.91 Å². The number of nitrogens with zero attached hydrogens (tertiary/aromatic N) is 1. The van der Waals surface area contributed by atoms with E-state index in [1.165, 1.54) is 11.8 Å². The van der Waals surface area contributed by atoms with Crippen molar-refractivity contribution in [2.24, 2.45) is 0 Å². The van der Waals surface area contributed by atoms with E-state index in [0.29, 0.717) is 11.4 Å². The van der Waals surface area contributed by atoms with Crippen molar-refractivity contribution >= 4 is 23.4 Å². The summed E-state index contributed by atoms with van der Waals surface area (Å²) in [5.41, 5.74) is 1.53. The van der Waals surface area contributed by atoms with Crippen LogP contribution in [0.1, 0.15) is 5.56 Å². The number of benzene rings is 1. The molecule has 2 N–H and O–H groups in total. The molecule has 2 aromatic rings. The van der Waals surface area contributed by atoms with Crippen LogP contribution in [0.15, 0.2) is 48.8 Å². The zero-order chi connectivity index (χ0) is 13.5. The highest BCUT2D eigenvalue weighted by atomic mass is 32.2. The van der Waals surface area contributed by atoms with Crippen LogP contribution in [0.4, 0.5) is 5.69 Å². The summed E-state index contributed by atoms with van der Waals surface area (Å²) in [6.45, 7) is 0. The zero-order valence-electron chi connectivity index (χ0n) is 10.2. The Balaban J connectivity index is 1.78. The topological polar surface area (TPSA) is 62.2 Å². The molecule has 1 heterocycles. The lowest BCUT2D eigenvalue weighted by Gasteiger charge is -2.06. The number of hydrogen-bond acceptors (Lipinski definition) is 4. The van der Waals surface area contributed by atoms with Crippen LogP contribution in [0.5, 0.6) is 5.75 Å². The predicted molar refractivity (Wildman–Crippen MR) is 77.1 cm³/mol. The Morgan fingerprint density at radius 1 is 1.26 bits per heavy atom. The lowest BCUT2D eigenvalue weighted by Crippen LogP contribution is -2.14. The standard InChI is InChI=1S/C14H14N2O2S/c17-13-6-2-1-5-12(13)16-14(18)10-19-9-11-4-3-7-15-8-11/h1-8,17H,9-10H2,(H,16,18). The molecular weight excluding hydrogens is 260 g/mol. The van der Waals surface area contributed by atoms with E-state index in [-0.39, 0.29) is 11.7 Å². The van der Waals surface area contributed by atoms with Crippen molar-refractivity contribution < 1.29 is 9.90 Å². The predicted octanol–water partition coefficient (Wildman–Crippen LogP) is 2.66. The molecule has 0 aliphatic carbocycles. The van der Waals surface area contributed by atoms with Crippen LogP contribution in [-0.4, -0.2) is 21.8 Å². The molecule has 0 saturated heterocycles. The van der Waals surface area contributed by atoms with Gasteiger partial charge in [0.15, 0.2) is 0 Å². The zero-order valence-corrected chi connectivity index (χ0v) is 11.1. The van der Waals surface area contributed by atoms with Gasteiger partial charge in [0, 0.05) is 18.1 Å². The average Bonchev–Trinajstić information content (AvgIpc) is 2.43. The summed E-state index contributed by atoms with van der Waals surface area (Å²) in [5.74, 6) is 1.02. The van der Waals surface area contributed by atoms with E-state index in [0.717, 1.165) is 11.3 Å². The molecule has 1 amide bonds. The van der Waals surface area contributed by atoms with Gasteiger partial charge in [0.1, 0.15) is 5.75 Å². The van der Waals surface area contributed by atoms with E-state index in [1.807, 2.05) is 12.1 Å². The number of amides is 1. The van der Waals surface area contributed by atoms with E-state index in [9.17, 15) is 9.90 Å². The van der Waals surface area contributed by atoms with Gasteiger partial charge in [-0.1, -0.05) is 18.2 Å². The van der Waals surface area contributed by atoms with Crippen molar-refractivity contribution in [1.82, 2.24) is 4.98 Å². The largest absolute Gasteiger partial charge is 0.506 e. The Morgan fingerprint density at radius 3 is 2.84 bits per heavy atom. The van der Waals surface area contributed by atoms with Crippen LogP contribution in [0.3, 0.4) is 0 Å². The molecule has 5 heteroatoms. The highest BCUT2D eigenvalue weighted by Gasteiger charge is 2.05. The third kappa shape index (κ3) is 4.30. The summed E-state index contributed by atoms with van der Waals surface area (Å²) < 4.78 is 0. The van der Waals surface area contributed by atoms with Crippen molar-refractivity contribution in [3.05, 3.63) is 54.4 Å². The maximum Gasteiger partial charge on any atom is 0.234 e. The number of aromatic hydroxyl groups is 1. The molecule has 0 radical (unpaired) electrons. The number of carbonyl (C=O) groups is 1. The summed E-state index contributed by atoms with van der Waals surface area (Å²) in [7, 11) is 0. The maximum atomic E-state index is 11.7. The first-order chi connectivity index (χ1) is 9.25. The fourth-order valence-electron chi connectivity index (χ4n) is 1.51. The van der Waals surface area contributed by atoms with Gasteiger partial charge >= 0.3 is 0 Å². The molecule has 0 unspecified atom stereocenters. The molecule has 0 atom stereocenters. The third-order valence-corrected chi connectivity index (χ3v) is 3.41. The van der Waals surface area contributed by atoms with Crippen LogP contribution >= 0.6 is 11.8 Å². The first kappa shape index (κ1) is 13.4. The number of pyridine rings is 1. The molecular formula is C14H14N2O2S. The molecule has 2 rings (SSSR count). The molecule has 98 valence electrons. The minimum absolute atomic E-state index is 0.0770. The van der Waals surface area contributed by atoms with Crippen molar-refractivity contribution in [2.75, 3.05) is 11.1 Å². The molecule has 1 aromatic heterocycles. The molecule has 0 aliphatic rings. The highest BCUT2D eigenvalue weighted by molar-refractivity contribution is 7.99. The Labute approximate surface area is 115 Å². The lowest BCUT2D eigenvalue weighted by atomic mass is 10.3. The quantitative estimate of drug-likeness (QED) is 0.823. The molecule has 4 nitrogen and oxygen atoms in total. The second-order valence-electron chi connectivity index (χ2n) is 3.92. The SMILES string of the molecule is O=C(CSCc1cccnc1)Nc1ccccc1O. The van der Waals surface area contributed by atoms with Crippen LogP contribution in [0, 0.1) is 0 Å². The van der Waals surface area contributed by atoms with E-state index in [2.05, 4.69) is 10.3 Å². The minimum atomic E-state index is -0.129. The van der Waals surface area contributed by atoms with Crippen LogP contribution in [-0.2, 0) is 10.5 Å². The molecule has 0 aliphatic heterocycles. The summed E-state index contributed by atoms with van der Waals surface area (Å²) in [4.78, 5) is 15.7. The number of carbonyl (C=O) groups excluding carboxylic acids is 1. The average molecular weight is 274 g/mol. The van der Waals surface area contributed by atoms with Crippen LogP contribution in [0.25, 0.3) is 0 Å². The van der Waals surface area contributed by atoms with E-state index in [1.54, 1.807) is 36.7 Å². The smallest absolute Gasteiger partial charge is 0.234 e. The maximum absolute atomic E-state index is 11.7. The van der Waals surface area contributed by atoms with E-state index >= 15 is 0 Å². The van der Waals surface area contributed by atoms with Crippen LogP contribution < -0.4 is 5.32 Å². The molecule has 0 fully saturated rings. The molecule has 0 bridgehead atoms. The monoisotopic (exact) mass is 274 g/mol. The number of phenolic OH excluding ortho intramolecular Hbond substituents is 1. The summed E-state index contributed by atoms with van der Waals surface area (Å²) in [5, 5.41) is 12.2. The number of aromatic nitrogens is 1. The van der Waals surface area contributed by atoms with Gasteiger partial charge < -0.3 is 10.4 Å². The molecule has 1 aromatic carbocycles.